The van der Waals surface area contributed by atoms with Crippen LogP contribution in [0.4, 0.5) is 0 Å². The standard InChI is InChI=1S/C10H14N4OS/c1-3-8(10-11-4-5-16-10)12-6-9-13-7(2)14-15-9/h4-5,8,12H,3,6H2,1-2H3/t8-/m0/s1. The Hall–Kier alpha value is -1.27. The van der Waals surface area contributed by atoms with Crippen LogP contribution >= 0.6 is 11.3 Å². The van der Waals surface area contributed by atoms with Gasteiger partial charge in [0, 0.05) is 11.6 Å². The zero-order chi connectivity index (χ0) is 11.4. The van der Waals surface area contributed by atoms with Crippen molar-refractivity contribution in [3.05, 3.63) is 28.3 Å². The summed E-state index contributed by atoms with van der Waals surface area (Å²) in [5, 5.41) is 10.2. The molecule has 2 rings (SSSR count). The highest BCUT2D eigenvalue weighted by Gasteiger charge is 2.12. The molecule has 2 aromatic heterocycles. The minimum atomic E-state index is 0.257. The number of aryl methyl sites for hydroxylation is 1. The van der Waals surface area contributed by atoms with Crippen LogP contribution in [0.25, 0.3) is 0 Å². The normalized spacial score (nSPS) is 12.9. The summed E-state index contributed by atoms with van der Waals surface area (Å²) >= 11 is 1.66. The van der Waals surface area contributed by atoms with Crippen molar-refractivity contribution in [3.8, 4) is 0 Å². The average Bonchev–Trinajstić information content (AvgIpc) is 2.91. The van der Waals surface area contributed by atoms with Gasteiger partial charge in [-0.3, -0.25) is 5.32 Å². The molecule has 0 aromatic carbocycles. The second-order valence-corrected chi connectivity index (χ2v) is 4.37. The van der Waals surface area contributed by atoms with Crippen molar-refractivity contribution in [2.75, 3.05) is 0 Å². The van der Waals surface area contributed by atoms with Crippen LogP contribution in [0.1, 0.15) is 36.1 Å². The quantitative estimate of drug-likeness (QED) is 0.864. The lowest BCUT2D eigenvalue weighted by Crippen LogP contribution is -2.20. The molecule has 6 heteroatoms. The van der Waals surface area contributed by atoms with E-state index in [1.165, 1.54) is 0 Å². The van der Waals surface area contributed by atoms with Crippen molar-refractivity contribution in [2.45, 2.75) is 32.9 Å². The summed E-state index contributed by atoms with van der Waals surface area (Å²) in [5.41, 5.74) is 0. The summed E-state index contributed by atoms with van der Waals surface area (Å²) in [6.07, 6.45) is 2.81. The third kappa shape index (κ3) is 2.65. The molecule has 86 valence electrons. The number of aromatic nitrogens is 3. The first-order chi connectivity index (χ1) is 7.79. The molecule has 0 radical (unpaired) electrons. The Balaban J connectivity index is 1.93. The number of hydrogen-bond acceptors (Lipinski definition) is 6. The Morgan fingerprint density at radius 2 is 2.44 bits per heavy atom. The summed E-state index contributed by atoms with van der Waals surface area (Å²) in [6, 6.07) is 0.257. The molecule has 2 heterocycles. The Morgan fingerprint density at radius 1 is 1.56 bits per heavy atom. The molecule has 0 bridgehead atoms. The van der Waals surface area contributed by atoms with Gasteiger partial charge in [-0.25, -0.2) is 4.98 Å². The van der Waals surface area contributed by atoms with Crippen molar-refractivity contribution in [3.63, 3.8) is 0 Å². The fourth-order valence-corrected chi connectivity index (χ4v) is 2.23. The predicted molar refractivity (Wildman–Crippen MR) is 61.0 cm³/mol. The molecule has 0 aliphatic carbocycles. The average molecular weight is 238 g/mol. The molecule has 2 aromatic rings. The van der Waals surface area contributed by atoms with Crippen LogP contribution in [0.2, 0.25) is 0 Å². The molecule has 0 amide bonds. The zero-order valence-electron chi connectivity index (χ0n) is 9.30. The minimum Gasteiger partial charge on any atom is -0.338 e. The van der Waals surface area contributed by atoms with Gasteiger partial charge < -0.3 is 4.52 Å². The fraction of sp³-hybridized carbons (Fsp3) is 0.500. The van der Waals surface area contributed by atoms with E-state index < -0.39 is 0 Å². The molecule has 0 unspecified atom stereocenters. The Bertz CT molecular complexity index is 426. The van der Waals surface area contributed by atoms with E-state index in [1.807, 2.05) is 18.5 Å². The molecule has 0 aliphatic rings. The van der Waals surface area contributed by atoms with E-state index in [1.54, 1.807) is 11.3 Å². The first kappa shape index (κ1) is 11.2. The van der Waals surface area contributed by atoms with Gasteiger partial charge in [-0.15, -0.1) is 11.3 Å². The second-order valence-electron chi connectivity index (χ2n) is 3.45. The van der Waals surface area contributed by atoms with E-state index in [-0.39, 0.29) is 6.04 Å². The van der Waals surface area contributed by atoms with Gasteiger partial charge in [-0.1, -0.05) is 12.1 Å². The lowest BCUT2D eigenvalue weighted by molar-refractivity contribution is 0.353. The van der Waals surface area contributed by atoms with E-state index in [0.717, 1.165) is 11.4 Å². The Morgan fingerprint density at radius 3 is 3.00 bits per heavy atom. The molecule has 0 saturated carbocycles. The van der Waals surface area contributed by atoms with Crippen LogP contribution in [0.5, 0.6) is 0 Å². The van der Waals surface area contributed by atoms with Gasteiger partial charge in [-0.2, -0.15) is 4.98 Å². The Labute approximate surface area is 97.9 Å². The summed E-state index contributed by atoms with van der Waals surface area (Å²) < 4.78 is 5.04. The van der Waals surface area contributed by atoms with E-state index in [4.69, 9.17) is 4.52 Å². The number of rotatable bonds is 5. The van der Waals surface area contributed by atoms with Crippen LogP contribution in [-0.4, -0.2) is 15.1 Å². The SMILES string of the molecule is CC[C@H](NCc1nc(C)no1)c1nccs1. The molecule has 0 saturated heterocycles. The maximum atomic E-state index is 5.04. The van der Waals surface area contributed by atoms with Crippen molar-refractivity contribution >= 4 is 11.3 Å². The molecule has 0 spiro atoms. The first-order valence-electron chi connectivity index (χ1n) is 5.21. The molecule has 1 atom stereocenters. The van der Waals surface area contributed by atoms with Gasteiger partial charge in [0.05, 0.1) is 12.6 Å². The predicted octanol–water partition coefficient (Wildman–Crippen LogP) is 2.08. The number of nitrogens with zero attached hydrogens (tertiary/aromatic N) is 3. The smallest absolute Gasteiger partial charge is 0.240 e. The molecule has 5 nitrogen and oxygen atoms in total. The summed E-state index contributed by atoms with van der Waals surface area (Å²) in [7, 11) is 0. The zero-order valence-corrected chi connectivity index (χ0v) is 10.1. The van der Waals surface area contributed by atoms with Gasteiger partial charge >= 0.3 is 0 Å². The summed E-state index contributed by atoms with van der Waals surface area (Å²) in [6.45, 7) is 4.52. The van der Waals surface area contributed by atoms with Crippen molar-refractivity contribution in [2.24, 2.45) is 0 Å². The van der Waals surface area contributed by atoms with Crippen LogP contribution in [0.3, 0.4) is 0 Å². The first-order valence-corrected chi connectivity index (χ1v) is 6.09. The largest absolute Gasteiger partial charge is 0.338 e. The fourth-order valence-electron chi connectivity index (χ4n) is 1.44. The van der Waals surface area contributed by atoms with E-state index >= 15 is 0 Å². The van der Waals surface area contributed by atoms with Gasteiger partial charge in [-0.05, 0) is 13.3 Å². The highest BCUT2D eigenvalue weighted by molar-refractivity contribution is 7.09. The number of hydrogen-bond donors (Lipinski definition) is 1. The van der Waals surface area contributed by atoms with E-state index in [9.17, 15) is 0 Å². The van der Waals surface area contributed by atoms with Gasteiger partial charge in [0.15, 0.2) is 5.82 Å². The summed E-state index contributed by atoms with van der Waals surface area (Å²) in [4.78, 5) is 8.44. The molecule has 16 heavy (non-hydrogen) atoms. The van der Waals surface area contributed by atoms with Crippen LogP contribution in [-0.2, 0) is 6.54 Å². The lowest BCUT2D eigenvalue weighted by atomic mass is 10.2. The third-order valence-corrected chi connectivity index (χ3v) is 3.12. The Kier molecular flexibility index (Phi) is 3.63. The molecular formula is C10H14N4OS. The minimum absolute atomic E-state index is 0.257. The number of nitrogens with one attached hydrogen (secondary N) is 1. The topological polar surface area (TPSA) is 63.8 Å². The van der Waals surface area contributed by atoms with Crippen LogP contribution in [0, 0.1) is 6.92 Å². The lowest BCUT2D eigenvalue weighted by Gasteiger charge is -2.12. The van der Waals surface area contributed by atoms with Crippen LogP contribution in [0.15, 0.2) is 16.1 Å². The molecule has 0 fully saturated rings. The van der Waals surface area contributed by atoms with E-state index in [2.05, 4.69) is 27.4 Å². The van der Waals surface area contributed by atoms with Crippen molar-refractivity contribution < 1.29 is 4.52 Å². The third-order valence-electron chi connectivity index (χ3n) is 2.23. The van der Waals surface area contributed by atoms with Gasteiger partial charge in [0.2, 0.25) is 5.89 Å². The number of thiazole rings is 1. The van der Waals surface area contributed by atoms with Gasteiger partial charge in [0.25, 0.3) is 0 Å². The maximum Gasteiger partial charge on any atom is 0.240 e. The highest BCUT2D eigenvalue weighted by Crippen LogP contribution is 2.18. The highest BCUT2D eigenvalue weighted by atomic mass is 32.1. The molecular weight excluding hydrogens is 224 g/mol. The molecule has 1 N–H and O–H groups in total. The maximum absolute atomic E-state index is 5.04. The monoisotopic (exact) mass is 238 g/mol. The molecule has 0 aliphatic heterocycles. The second kappa shape index (κ2) is 5.18. The summed E-state index contributed by atoms with van der Waals surface area (Å²) in [5.74, 6) is 1.28. The van der Waals surface area contributed by atoms with Crippen LogP contribution < -0.4 is 5.32 Å². The van der Waals surface area contributed by atoms with Gasteiger partial charge in [0.1, 0.15) is 5.01 Å². The van der Waals surface area contributed by atoms with E-state index in [0.29, 0.717) is 18.3 Å². The van der Waals surface area contributed by atoms with Crippen molar-refractivity contribution in [1.29, 1.82) is 0 Å². The van der Waals surface area contributed by atoms with Crippen molar-refractivity contribution in [1.82, 2.24) is 20.4 Å².